The molecule has 1 aromatic heterocycles. The summed E-state index contributed by atoms with van der Waals surface area (Å²) < 4.78 is 5.60. The number of rotatable bonds is 5. The molecule has 0 bridgehead atoms. The number of nitro groups is 1. The van der Waals surface area contributed by atoms with Gasteiger partial charge in [0.05, 0.1) is 10.7 Å². The largest absolute Gasteiger partial charge is 0.474 e. The second-order valence-electron chi connectivity index (χ2n) is 6.12. The first-order valence-corrected chi connectivity index (χ1v) is 8.91. The molecule has 10 heteroatoms. The number of benzene rings is 1. The van der Waals surface area contributed by atoms with Crippen molar-refractivity contribution >= 4 is 40.7 Å². The fourth-order valence-electron chi connectivity index (χ4n) is 2.80. The van der Waals surface area contributed by atoms with Crippen molar-refractivity contribution in [3.8, 4) is 5.75 Å². The van der Waals surface area contributed by atoms with Crippen LogP contribution in [0.4, 0.5) is 17.3 Å². The molecule has 0 radical (unpaired) electrons. The first kappa shape index (κ1) is 19.6. The Labute approximate surface area is 165 Å². The zero-order valence-electron chi connectivity index (χ0n) is 15.1. The van der Waals surface area contributed by atoms with Crippen molar-refractivity contribution in [1.82, 2.24) is 4.98 Å². The normalized spacial score (nSPS) is 16.8. The molecule has 1 aliphatic heterocycles. The molecule has 2 heterocycles. The van der Waals surface area contributed by atoms with E-state index in [9.17, 15) is 19.7 Å². The number of hydrogen-bond donors (Lipinski definition) is 1. The van der Waals surface area contributed by atoms with Gasteiger partial charge in [0.2, 0.25) is 5.91 Å². The van der Waals surface area contributed by atoms with Gasteiger partial charge in [-0.2, -0.15) is 0 Å². The zero-order chi connectivity index (χ0) is 20.4. The van der Waals surface area contributed by atoms with Gasteiger partial charge in [-0.25, -0.2) is 0 Å². The number of carbonyl (C=O) groups excluding carboxylic acids is 2. The highest BCUT2D eigenvalue weighted by molar-refractivity contribution is 6.33. The molecule has 0 saturated carbocycles. The van der Waals surface area contributed by atoms with Gasteiger partial charge in [0.15, 0.2) is 11.9 Å². The van der Waals surface area contributed by atoms with Crippen LogP contribution in [0.2, 0.25) is 5.02 Å². The van der Waals surface area contributed by atoms with Gasteiger partial charge in [0, 0.05) is 6.07 Å². The maximum Gasteiger partial charge on any atom is 0.366 e. The van der Waals surface area contributed by atoms with E-state index in [2.05, 4.69) is 10.3 Å². The van der Waals surface area contributed by atoms with Gasteiger partial charge in [-0.1, -0.05) is 30.7 Å². The first-order chi connectivity index (χ1) is 13.3. The summed E-state index contributed by atoms with van der Waals surface area (Å²) >= 11 is 6.07. The fourth-order valence-corrected chi connectivity index (χ4v) is 2.99. The highest BCUT2D eigenvalue weighted by atomic mass is 35.5. The Morgan fingerprint density at radius 3 is 2.75 bits per heavy atom. The molecule has 0 aliphatic carbocycles. The summed E-state index contributed by atoms with van der Waals surface area (Å²) in [7, 11) is 0. The average molecular weight is 405 g/mol. The van der Waals surface area contributed by atoms with Crippen LogP contribution < -0.4 is 15.0 Å². The molecule has 1 aliphatic rings. The Bertz CT molecular complexity index is 951. The van der Waals surface area contributed by atoms with E-state index in [1.165, 1.54) is 19.1 Å². The van der Waals surface area contributed by atoms with Gasteiger partial charge < -0.3 is 20.2 Å². The Hall–Kier alpha value is -3.20. The number of ether oxygens (including phenoxy) is 1. The second-order valence-corrected chi connectivity index (χ2v) is 6.52. The van der Waals surface area contributed by atoms with Crippen LogP contribution in [0.5, 0.6) is 5.75 Å². The molecule has 2 atom stereocenters. The molecular formula is C18H17ClN4O5. The minimum atomic E-state index is -1.00. The Balaban J connectivity index is 1.97. The summed E-state index contributed by atoms with van der Waals surface area (Å²) in [5, 5.41) is 14.1. The SMILES string of the molecule is CCC1Oc2ccc([N+](=O)[O-])nc2N(C(C)C(=O)Nc2ccccc2Cl)C1=O. The number of anilines is 2. The third-order valence-electron chi connectivity index (χ3n) is 4.29. The van der Waals surface area contributed by atoms with E-state index in [4.69, 9.17) is 16.3 Å². The van der Waals surface area contributed by atoms with Crippen LogP contribution in [0.15, 0.2) is 36.4 Å². The summed E-state index contributed by atoms with van der Waals surface area (Å²) in [6, 6.07) is 8.23. The lowest BCUT2D eigenvalue weighted by atomic mass is 10.1. The third-order valence-corrected chi connectivity index (χ3v) is 4.62. The standard InChI is InChI=1S/C18H17ClN4O5/c1-3-13-18(25)22(16-14(28-13)8-9-15(21-16)23(26)27)10(2)17(24)20-12-7-5-4-6-11(12)19/h4-10,13H,3H2,1-2H3,(H,20,24). The van der Waals surface area contributed by atoms with Crippen molar-refractivity contribution in [3.63, 3.8) is 0 Å². The number of nitrogens with one attached hydrogen (secondary N) is 1. The van der Waals surface area contributed by atoms with Crippen LogP contribution in [0.25, 0.3) is 0 Å². The number of carbonyl (C=O) groups is 2. The van der Waals surface area contributed by atoms with Crippen molar-refractivity contribution in [2.45, 2.75) is 32.4 Å². The van der Waals surface area contributed by atoms with E-state index in [-0.39, 0.29) is 11.6 Å². The van der Waals surface area contributed by atoms with E-state index in [0.717, 1.165) is 4.90 Å². The molecule has 0 spiro atoms. The minimum Gasteiger partial charge on any atom is -0.474 e. The van der Waals surface area contributed by atoms with Crippen LogP contribution in [0.1, 0.15) is 20.3 Å². The smallest absolute Gasteiger partial charge is 0.366 e. The lowest BCUT2D eigenvalue weighted by Gasteiger charge is -2.33. The number of fused-ring (bicyclic) bond motifs is 1. The molecule has 1 N–H and O–H groups in total. The number of amides is 2. The van der Waals surface area contributed by atoms with Crippen LogP contribution in [-0.2, 0) is 9.59 Å². The Morgan fingerprint density at radius 1 is 1.39 bits per heavy atom. The molecule has 146 valence electrons. The number of pyridine rings is 1. The molecule has 2 unspecified atom stereocenters. The van der Waals surface area contributed by atoms with Gasteiger partial charge in [-0.3, -0.25) is 14.5 Å². The predicted molar refractivity (Wildman–Crippen MR) is 103 cm³/mol. The third kappa shape index (κ3) is 3.61. The lowest BCUT2D eigenvalue weighted by Crippen LogP contribution is -2.53. The van der Waals surface area contributed by atoms with Crippen molar-refractivity contribution < 1.29 is 19.2 Å². The molecule has 0 fully saturated rings. The number of halogens is 1. The quantitative estimate of drug-likeness (QED) is 0.604. The van der Waals surface area contributed by atoms with Gasteiger partial charge in [-0.05, 0) is 41.5 Å². The first-order valence-electron chi connectivity index (χ1n) is 8.54. The molecule has 9 nitrogen and oxygen atoms in total. The maximum atomic E-state index is 12.9. The lowest BCUT2D eigenvalue weighted by molar-refractivity contribution is -0.389. The van der Waals surface area contributed by atoms with E-state index in [0.29, 0.717) is 17.1 Å². The number of nitrogens with zero attached hydrogens (tertiary/aromatic N) is 3. The van der Waals surface area contributed by atoms with Crippen molar-refractivity contribution in [1.29, 1.82) is 0 Å². The van der Waals surface area contributed by atoms with E-state index in [1.54, 1.807) is 31.2 Å². The maximum absolute atomic E-state index is 12.9. The fraction of sp³-hybridized carbons (Fsp3) is 0.278. The number of para-hydroxylation sites is 1. The van der Waals surface area contributed by atoms with Crippen LogP contribution in [0.3, 0.4) is 0 Å². The van der Waals surface area contributed by atoms with Gasteiger partial charge in [0.25, 0.3) is 11.7 Å². The summed E-state index contributed by atoms with van der Waals surface area (Å²) in [4.78, 5) is 41.1. The van der Waals surface area contributed by atoms with Crippen LogP contribution >= 0.6 is 11.6 Å². The summed E-state index contributed by atoms with van der Waals surface area (Å²) in [5.41, 5.74) is 0.390. The molecule has 2 aromatic rings. The zero-order valence-corrected chi connectivity index (χ0v) is 15.8. The molecule has 2 amide bonds. The number of aromatic nitrogens is 1. The van der Waals surface area contributed by atoms with Gasteiger partial charge in [-0.15, -0.1) is 0 Å². The van der Waals surface area contributed by atoms with Gasteiger partial charge >= 0.3 is 5.82 Å². The monoisotopic (exact) mass is 404 g/mol. The average Bonchev–Trinajstić information content (AvgIpc) is 2.68. The summed E-state index contributed by atoms with van der Waals surface area (Å²) in [6.07, 6.45) is -0.448. The summed E-state index contributed by atoms with van der Waals surface area (Å²) in [6.45, 7) is 3.27. The van der Waals surface area contributed by atoms with E-state index >= 15 is 0 Å². The molecular weight excluding hydrogens is 388 g/mol. The van der Waals surface area contributed by atoms with E-state index < -0.39 is 34.7 Å². The topological polar surface area (TPSA) is 115 Å². The molecule has 1 aromatic carbocycles. The Morgan fingerprint density at radius 2 is 2.11 bits per heavy atom. The highest BCUT2D eigenvalue weighted by Gasteiger charge is 2.42. The van der Waals surface area contributed by atoms with Gasteiger partial charge in [0.1, 0.15) is 6.04 Å². The van der Waals surface area contributed by atoms with Crippen LogP contribution in [-0.4, -0.2) is 33.9 Å². The van der Waals surface area contributed by atoms with Crippen molar-refractivity contribution in [3.05, 3.63) is 51.5 Å². The second kappa shape index (κ2) is 7.81. The Kier molecular flexibility index (Phi) is 5.46. The molecule has 0 saturated heterocycles. The van der Waals surface area contributed by atoms with Crippen LogP contribution in [0, 0.1) is 10.1 Å². The number of hydrogen-bond acceptors (Lipinski definition) is 6. The molecule has 28 heavy (non-hydrogen) atoms. The minimum absolute atomic E-state index is 0.0642. The van der Waals surface area contributed by atoms with Crippen molar-refractivity contribution in [2.75, 3.05) is 10.2 Å². The summed E-state index contributed by atoms with van der Waals surface area (Å²) in [5.74, 6) is -1.32. The van der Waals surface area contributed by atoms with E-state index in [1.807, 2.05) is 0 Å². The van der Waals surface area contributed by atoms with Crippen molar-refractivity contribution in [2.24, 2.45) is 0 Å². The highest BCUT2D eigenvalue weighted by Crippen LogP contribution is 2.36. The molecule has 3 rings (SSSR count). The predicted octanol–water partition coefficient (Wildman–Crippen LogP) is 3.17.